The summed E-state index contributed by atoms with van der Waals surface area (Å²) in [6, 6.07) is 7.76. The molecule has 0 fully saturated rings. The van der Waals surface area contributed by atoms with Crippen LogP contribution in [-0.4, -0.2) is 15.8 Å². The van der Waals surface area contributed by atoms with Crippen molar-refractivity contribution in [2.24, 2.45) is 0 Å². The zero-order chi connectivity index (χ0) is 16.1. The van der Waals surface area contributed by atoms with E-state index in [1.807, 2.05) is 35.0 Å². The Bertz CT molecular complexity index is 696. The lowest BCUT2D eigenvalue weighted by atomic mass is 10.3. The lowest BCUT2D eigenvalue weighted by Crippen LogP contribution is -2.30. The number of rotatable bonds is 7. The first-order valence-electron chi connectivity index (χ1n) is 7.54. The van der Waals surface area contributed by atoms with Gasteiger partial charge in [0.25, 0.3) is 5.91 Å². The van der Waals surface area contributed by atoms with Gasteiger partial charge in [0.15, 0.2) is 0 Å². The number of amides is 1. The summed E-state index contributed by atoms with van der Waals surface area (Å²) in [4.78, 5) is 20.3. The van der Waals surface area contributed by atoms with E-state index < -0.39 is 0 Å². The fourth-order valence-corrected chi connectivity index (χ4v) is 3.87. The van der Waals surface area contributed by atoms with Gasteiger partial charge in [-0.1, -0.05) is 13.0 Å². The molecule has 3 heterocycles. The number of furan rings is 1. The Morgan fingerprint density at radius 2 is 2.17 bits per heavy atom. The van der Waals surface area contributed by atoms with Gasteiger partial charge in [0, 0.05) is 10.3 Å². The zero-order valence-electron chi connectivity index (χ0n) is 12.9. The number of nitrogens with zero attached hydrogens (tertiary/aromatic N) is 2. The zero-order valence-corrected chi connectivity index (χ0v) is 14.5. The molecule has 0 spiro atoms. The largest absolute Gasteiger partial charge is 0.467 e. The molecule has 0 saturated heterocycles. The summed E-state index contributed by atoms with van der Waals surface area (Å²) in [5.41, 5.74) is 0.529. The van der Waals surface area contributed by atoms with Crippen molar-refractivity contribution in [3.63, 3.8) is 0 Å². The van der Waals surface area contributed by atoms with E-state index in [4.69, 9.17) is 4.42 Å². The van der Waals surface area contributed by atoms with Crippen LogP contribution in [0.1, 0.15) is 39.5 Å². The molecule has 1 amide bonds. The molecule has 6 heteroatoms. The molecule has 0 N–H and O–H groups in total. The number of aryl methyl sites for hydroxylation is 1. The van der Waals surface area contributed by atoms with Crippen LogP contribution in [0.25, 0.3) is 0 Å². The molecule has 4 nitrogen and oxygen atoms in total. The predicted octanol–water partition coefficient (Wildman–Crippen LogP) is 4.59. The molecule has 120 valence electrons. The van der Waals surface area contributed by atoms with E-state index in [2.05, 4.69) is 11.9 Å². The van der Waals surface area contributed by atoms with Gasteiger partial charge in [-0.2, -0.15) is 0 Å². The molecule has 0 aliphatic carbocycles. The SMILES string of the molecule is CCCc1nc(C(=O)N(Cc2ccco2)Cc2cccs2)cs1. The highest BCUT2D eigenvalue weighted by molar-refractivity contribution is 7.10. The molecule has 23 heavy (non-hydrogen) atoms. The van der Waals surface area contributed by atoms with Crippen molar-refractivity contribution in [3.05, 3.63) is 62.6 Å². The summed E-state index contributed by atoms with van der Waals surface area (Å²) < 4.78 is 5.40. The van der Waals surface area contributed by atoms with E-state index in [-0.39, 0.29) is 5.91 Å². The molecule has 3 rings (SSSR count). The van der Waals surface area contributed by atoms with Crippen LogP contribution in [0.3, 0.4) is 0 Å². The summed E-state index contributed by atoms with van der Waals surface area (Å²) in [6.45, 7) is 3.13. The maximum absolute atomic E-state index is 12.8. The van der Waals surface area contributed by atoms with Gasteiger partial charge < -0.3 is 9.32 Å². The Kier molecular flexibility index (Phi) is 5.25. The number of aromatic nitrogens is 1. The molecule has 0 aliphatic heterocycles. The van der Waals surface area contributed by atoms with Gasteiger partial charge in [0.2, 0.25) is 0 Å². The topological polar surface area (TPSA) is 46.3 Å². The minimum absolute atomic E-state index is 0.0478. The van der Waals surface area contributed by atoms with Gasteiger partial charge in [0.1, 0.15) is 11.5 Å². The molecule has 0 aliphatic rings. The lowest BCUT2D eigenvalue weighted by Gasteiger charge is -2.20. The Morgan fingerprint density at radius 1 is 1.26 bits per heavy atom. The van der Waals surface area contributed by atoms with Gasteiger partial charge in [-0.05, 0) is 36.4 Å². The highest BCUT2D eigenvalue weighted by atomic mass is 32.1. The van der Waals surface area contributed by atoms with Crippen LogP contribution < -0.4 is 0 Å². The molecular weight excluding hydrogens is 328 g/mol. The van der Waals surface area contributed by atoms with E-state index in [1.165, 1.54) is 0 Å². The van der Waals surface area contributed by atoms with E-state index in [1.54, 1.807) is 33.8 Å². The third kappa shape index (κ3) is 4.09. The Labute approximate surface area is 143 Å². The smallest absolute Gasteiger partial charge is 0.274 e. The number of thiophene rings is 1. The van der Waals surface area contributed by atoms with Crippen LogP contribution >= 0.6 is 22.7 Å². The third-order valence-electron chi connectivity index (χ3n) is 3.38. The molecular formula is C17H18N2O2S2. The number of hydrogen-bond acceptors (Lipinski definition) is 5. The lowest BCUT2D eigenvalue weighted by molar-refractivity contribution is 0.0714. The van der Waals surface area contributed by atoms with Crippen molar-refractivity contribution in [2.45, 2.75) is 32.9 Å². The summed E-state index contributed by atoms with van der Waals surface area (Å²) in [5.74, 6) is 0.729. The second-order valence-electron chi connectivity index (χ2n) is 5.20. The first-order valence-corrected chi connectivity index (χ1v) is 9.30. The van der Waals surface area contributed by atoms with E-state index in [0.29, 0.717) is 18.8 Å². The van der Waals surface area contributed by atoms with Crippen LogP contribution in [0.15, 0.2) is 45.7 Å². The average Bonchev–Trinajstić information content (AvgIpc) is 3.29. The Balaban J connectivity index is 1.79. The van der Waals surface area contributed by atoms with Gasteiger partial charge in [-0.25, -0.2) is 4.98 Å². The molecule has 0 bridgehead atoms. The standard InChI is InChI=1S/C17H18N2O2S2/c1-2-5-16-18-15(12-23-16)17(20)19(10-13-6-3-8-21-13)11-14-7-4-9-22-14/h3-4,6-9,12H,2,5,10-11H2,1H3. The first-order chi connectivity index (χ1) is 11.3. The van der Waals surface area contributed by atoms with Gasteiger partial charge in [-0.15, -0.1) is 22.7 Å². The van der Waals surface area contributed by atoms with Crippen molar-refractivity contribution in [1.82, 2.24) is 9.88 Å². The van der Waals surface area contributed by atoms with Gasteiger partial charge >= 0.3 is 0 Å². The normalized spacial score (nSPS) is 10.8. The summed E-state index contributed by atoms with van der Waals surface area (Å²) in [5, 5.41) is 4.90. The van der Waals surface area contributed by atoms with Crippen LogP contribution in [-0.2, 0) is 19.5 Å². The molecule has 0 unspecified atom stereocenters. The van der Waals surface area contributed by atoms with E-state index >= 15 is 0 Å². The second-order valence-corrected chi connectivity index (χ2v) is 7.17. The molecule has 3 aromatic rings. The second kappa shape index (κ2) is 7.57. The van der Waals surface area contributed by atoms with Crippen molar-refractivity contribution < 1.29 is 9.21 Å². The highest BCUT2D eigenvalue weighted by Gasteiger charge is 2.20. The monoisotopic (exact) mass is 346 g/mol. The fourth-order valence-electron chi connectivity index (χ4n) is 2.28. The van der Waals surface area contributed by atoms with Gasteiger partial charge in [-0.3, -0.25) is 4.79 Å². The third-order valence-corrected chi connectivity index (χ3v) is 5.15. The molecule has 3 aromatic heterocycles. The number of hydrogen-bond donors (Lipinski definition) is 0. The number of carbonyl (C=O) groups is 1. The summed E-state index contributed by atoms with van der Waals surface area (Å²) >= 11 is 3.20. The minimum Gasteiger partial charge on any atom is -0.467 e. The van der Waals surface area contributed by atoms with E-state index in [0.717, 1.165) is 28.5 Å². The van der Waals surface area contributed by atoms with Crippen molar-refractivity contribution in [1.29, 1.82) is 0 Å². The maximum atomic E-state index is 12.8. The first kappa shape index (κ1) is 16.0. The fraction of sp³-hybridized carbons (Fsp3) is 0.294. The van der Waals surface area contributed by atoms with Crippen molar-refractivity contribution >= 4 is 28.6 Å². The van der Waals surface area contributed by atoms with Gasteiger partial charge in [0.05, 0.1) is 24.4 Å². The van der Waals surface area contributed by atoms with Crippen LogP contribution in [0.2, 0.25) is 0 Å². The highest BCUT2D eigenvalue weighted by Crippen LogP contribution is 2.19. The van der Waals surface area contributed by atoms with Crippen LogP contribution in [0, 0.1) is 0 Å². The average molecular weight is 346 g/mol. The van der Waals surface area contributed by atoms with Crippen LogP contribution in [0.5, 0.6) is 0 Å². The Hall–Kier alpha value is -1.92. The molecule has 0 radical (unpaired) electrons. The van der Waals surface area contributed by atoms with Crippen molar-refractivity contribution in [2.75, 3.05) is 0 Å². The summed E-state index contributed by atoms with van der Waals surface area (Å²) in [6.07, 6.45) is 3.58. The number of carbonyl (C=O) groups excluding carboxylic acids is 1. The predicted molar refractivity (Wildman–Crippen MR) is 92.7 cm³/mol. The molecule has 0 saturated carbocycles. The molecule has 0 aromatic carbocycles. The Morgan fingerprint density at radius 3 is 2.87 bits per heavy atom. The molecule has 0 atom stereocenters. The summed E-state index contributed by atoms with van der Waals surface area (Å²) in [7, 11) is 0. The minimum atomic E-state index is -0.0478. The number of thiazole rings is 1. The maximum Gasteiger partial charge on any atom is 0.274 e. The van der Waals surface area contributed by atoms with Crippen molar-refractivity contribution in [3.8, 4) is 0 Å². The quantitative estimate of drug-likeness (QED) is 0.628. The van der Waals surface area contributed by atoms with E-state index in [9.17, 15) is 4.79 Å². The van der Waals surface area contributed by atoms with Crippen LogP contribution in [0.4, 0.5) is 0 Å².